The lowest BCUT2D eigenvalue weighted by Crippen LogP contribution is -2.08. The van der Waals surface area contributed by atoms with E-state index in [0.29, 0.717) is 120 Å². The van der Waals surface area contributed by atoms with Crippen molar-refractivity contribution >= 4 is 150 Å². The summed E-state index contributed by atoms with van der Waals surface area (Å²) in [5.74, 6) is -4.68. The van der Waals surface area contributed by atoms with Gasteiger partial charge in [0.25, 0.3) is 0 Å². The number of thiophene rings is 1. The van der Waals surface area contributed by atoms with Gasteiger partial charge < -0.3 is 48.9 Å². The van der Waals surface area contributed by atoms with Crippen molar-refractivity contribution in [3.8, 4) is 45.0 Å². The number of aromatic nitrogens is 18. The normalized spacial score (nSPS) is 11.8. The average molecular weight is 2080 g/mol. The van der Waals surface area contributed by atoms with E-state index in [9.17, 15) is 28.8 Å². The van der Waals surface area contributed by atoms with Gasteiger partial charge in [-0.1, -0.05) is 119 Å². The van der Waals surface area contributed by atoms with Crippen LogP contribution >= 0.6 is 80.9 Å². The number of furan rings is 2. The third kappa shape index (κ3) is 23.6. The maximum absolute atomic E-state index is 11.2. The summed E-state index contributed by atoms with van der Waals surface area (Å²) in [6, 6.07) is 61.4. The van der Waals surface area contributed by atoms with Crippen LogP contribution in [-0.2, 0) is 43.9 Å². The molecule has 1 fully saturated rings. The molecular formula is C104H80Cl6N18O16S. The molecule has 0 aliphatic heterocycles. The molecule has 1 saturated carbocycles. The molecule has 21 aromatic heterocycles. The molecule has 0 unspecified atom stereocenters. The molecule has 34 nitrogen and oxygen atoms in total. The van der Waals surface area contributed by atoms with Crippen LogP contribution in [0.5, 0.6) is 11.8 Å². The first kappa shape index (κ1) is 100. The summed E-state index contributed by atoms with van der Waals surface area (Å²) in [6.45, 7) is 6.05. The first-order valence-corrected chi connectivity index (χ1v) is 47.5. The van der Waals surface area contributed by atoms with Crippen LogP contribution in [0.1, 0.15) is 170 Å². The molecule has 0 aromatic carbocycles. The Morgan fingerprint density at radius 3 is 1.01 bits per heavy atom. The number of fused-ring (bicyclic) bond motifs is 6. The Hall–Kier alpha value is -16.5. The summed E-state index contributed by atoms with van der Waals surface area (Å²) in [7, 11) is 1.54. The second-order valence-corrected chi connectivity index (χ2v) is 36.9. The van der Waals surface area contributed by atoms with Crippen LogP contribution in [0, 0.1) is 0 Å². The first-order chi connectivity index (χ1) is 69.8. The van der Waals surface area contributed by atoms with Gasteiger partial charge in [-0.15, -0.1) is 21.5 Å². The molecule has 0 saturated heterocycles. The van der Waals surface area contributed by atoms with Gasteiger partial charge in [-0.05, 0) is 202 Å². The fourth-order valence-electron chi connectivity index (χ4n) is 16.0. The molecule has 0 amide bonds. The van der Waals surface area contributed by atoms with E-state index >= 15 is 0 Å². The maximum Gasteiger partial charge on any atom is 0.354 e. The number of methoxy groups -OCH3 is 1. The molecular weight excluding hydrogens is 2000 g/mol. The van der Waals surface area contributed by atoms with Gasteiger partial charge in [0.1, 0.15) is 51.2 Å². The number of pyridine rings is 12. The maximum atomic E-state index is 11.2. The molecule has 21 heterocycles. The van der Waals surface area contributed by atoms with E-state index in [-0.39, 0.29) is 45.7 Å². The van der Waals surface area contributed by atoms with Gasteiger partial charge in [0.05, 0.1) is 106 Å². The third-order valence-electron chi connectivity index (χ3n) is 22.8. The Morgan fingerprint density at radius 1 is 0.359 bits per heavy atom. The van der Waals surface area contributed by atoms with E-state index in [1.807, 2.05) is 109 Å². The lowest BCUT2D eigenvalue weighted by atomic mass is 9.97. The van der Waals surface area contributed by atoms with Crippen molar-refractivity contribution in [3.63, 3.8) is 0 Å². The van der Waals surface area contributed by atoms with Crippen LogP contribution in [0.2, 0.25) is 30.1 Å². The lowest BCUT2D eigenvalue weighted by molar-refractivity contribution is 0.0679. The second-order valence-electron chi connectivity index (χ2n) is 33.3. The highest BCUT2D eigenvalue weighted by atomic mass is 35.5. The number of halogens is 6. The fraction of sp³-hybridized carbons (Fsp3) is 0.135. The highest BCUT2D eigenvalue weighted by Gasteiger charge is 2.44. The number of carbonyl (C=O) groups is 6. The van der Waals surface area contributed by atoms with Crippen molar-refractivity contribution in [1.82, 2.24) is 87.6 Å². The van der Waals surface area contributed by atoms with Crippen molar-refractivity contribution in [2.75, 3.05) is 7.11 Å². The SMILES string of the molecule is CC(C)Oc1nn2cc(Cl)ccc2c1Cc1cccc(C(=O)O)n1.CC1(c2nn3cc(Cl)ccc3c2Cc2cccc(C(=O)O)n2)CC1.COc1nn2cc(Cl)ccc2c1Cc1cccc(C(=O)O)n1.O=C(O)c1cccc(Cc2c(-c3ccco3)nn3cc(Cl)ccc23)n1.O=C(O)c1cccc(Cc2c(-c3cccs3)nn3cc(Cl)ccc23)n1.O=C(O)c1cccc(Cc2c(-c3ccoc3)nn3cc(Cl)ccc23)n1. The minimum atomic E-state index is -1.06. The van der Waals surface area contributed by atoms with E-state index in [1.165, 1.54) is 43.5 Å². The number of nitrogens with zero attached hydrogens (tertiary/aromatic N) is 18. The average Bonchev–Trinajstić information content (AvgIpc) is 1.38. The third-order valence-corrected chi connectivity index (χ3v) is 25.0. The predicted octanol–water partition coefficient (Wildman–Crippen LogP) is 22.1. The number of hydrogen-bond donors (Lipinski definition) is 6. The molecule has 1 aliphatic carbocycles. The van der Waals surface area contributed by atoms with Gasteiger partial charge in [0, 0.05) is 154 Å². The number of carboxylic acids is 6. The van der Waals surface area contributed by atoms with Crippen molar-refractivity contribution in [2.45, 2.75) is 83.7 Å². The zero-order valence-corrected chi connectivity index (χ0v) is 82.1. The van der Waals surface area contributed by atoms with Gasteiger partial charge in [0.2, 0.25) is 11.8 Å². The minimum Gasteiger partial charge on any atom is -0.480 e. The van der Waals surface area contributed by atoms with Crippen molar-refractivity contribution < 1.29 is 77.7 Å². The summed E-state index contributed by atoms with van der Waals surface area (Å²) in [5.41, 5.74) is 19.3. The quantitative estimate of drug-likeness (QED) is 0.0309. The topological polar surface area (TPSA) is 450 Å². The number of hydrogen-bond acceptors (Lipinski definition) is 23. The van der Waals surface area contributed by atoms with E-state index in [4.69, 9.17) is 124 Å². The van der Waals surface area contributed by atoms with Crippen LogP contribution in [-0.4, -0.2) is 167 Å². The van der Waals surface area contributed by atoms with E-state index in [1.54, 1.807) is 181 Å². The van der Waals surface area contributed by atoms with Gasteiger partial charge in [-0.25, -0.2) is 85.8 Å². The summed E-state index contributed by atoms with van der Waals surface area (Å²) in [4.78, 5) is 93.0. The van der Waals surface area contributed by atoms with Crippen molar-refractivity contribution in [2.24, 2.45) is 0 Å². The molecule has 22 rings (SSSR count). The van der Waals surface area contributed by atoms with Crippen LogP contribution < -0.4 is 9.47 Å². The van der Waals surface area contributed by atoms with Crippen molar-refractivity contribution in [1.29, 1.82) is 0 Å². The van der Waals surface area contributed by atoms with Gasteiger partial charge in [0.15, 0.2) is 5.76 Å². The highest BCUT2D eigenvalue weighted by molar-refractivity contribution is 7.13. The fourth-order valence-corrected chi connectivity index (χ4v) is 17.6. The molecule has 0 atom stereocenters. The molecule has 1 aliphatic rings. The molecule has 145 heavy (non-hydrogen) atoms. The largest absolute Gasteiger partial charge is 0.480 e. The summed E-state index contributed by atoms with van der Waals surface area (Å²) in [5, 5.41) is 87.5. The Balaban J connectivity index is 0.000000119. The minimum absolute atomic E-state index is 0.0102. The van der Waals surface area contributed by atoms with Crippen LogP contribution in [0.15, 0.2) is 283 Å². The van der Waals surface area contributed by atoms with E-state index in [0.717, 1.165) is 113 Å². The molecule has 6 N–H and O–H groups in total. The Morgan fingerprint density at radius 2 is 0.676 bits per heavy atom. The van der Waals surface area contributed by atoms with Gasteiger partial charge in [-0.2, -0.15) is 20.4 Å². The Bertz CT molecular complexity index is 8040. The molecule has 0 radical (unpaired) electrons. The molecule has 0 bridgehead atoms. The molecule has 21 aromatic rings. The number of carboxylic acid groups (broad SMARTS) is 6. The zero-order chi connectivity index (χ0) is 102. The summed E-state index contributed by atoms with van der Waals surface area (Å²) in [6.07, 6.45) is 20.1. The zero-order valence-electron chi connectivity index (χ0n) is 76.7. The molecule has 0 spiro atoms. The number of ether oxygens (including phenoxy) is 2. The van der Waals surface area contributed by atoms with Gasteiger partial charge in [-0.3, -0.25) is 0 Å². The van der Waals surface area contributed by atoms with E-state index in [2.05, 4.69) is 62.3 Å². The summed E-state index contributed by atoms with van der Waals surface area (Å²) < 4.78 is 32.0. The molecule has 730 valence electrons. The lowest BCUT2D eigenvalue weighted by Gasteiger charge is -2.09. The number of rotatable bonds is 25. The Kier molecular flexibility index (Phi) is 30.3. The first-order valence-electron chi connectivity index (χ1n) is 44.3. The van der Waals surface area contributed by atoms with Crippen LogP contribution in [0.3, 0.4) is 0 Å². The summed E-state index contributed by atoms with van der Waals surface area (Å²) >= 11 is 37.9. The Labute approximate surface area is 856 Å². The second kappa shape index (κ2) is 43.9. The standard InChI is InChI=1S/2C18H12ClN3O3.C18H12ClN3O2S.C18H16ClN3O2.C17H16ClN3O3.C15H12ClN3O3/c19-11-6-7-15-13(9-12-3-1-4-14(20-12)18(23)24)17(21-22(15)10-11)16-5-2-8-25-16;19-12-4-5-16-14(8-13-2-1-3-15(20-13)18(23)24)17(21-22(16)9-12)11-6-7-25-10-11;19-11-6-7-15-13(9-12-3-1-4-14(20-12)18(23)24)17(21-22(15)10-11)16-5-2-8-25-16;1-18(7-8-18)16-13(15-6-5-11(19)10-22(15)21-16)9-12-3-2-4-14(20-12)17(23)24;1-10(2)24-16-13(15-7-6-11(18)9-21(15)20-16)8-12-4-3-5-14(19-12)17(22)23;1-22-14-11(13-6-5-9(16)8-19(13)18-14)7-10-3-2-4-12(17-10)15(20)21/h1-8,10H,9H2,(H,23,24);1-7,9-10H,8H2,(H,23,24);1-8,10H,9H2,(H,23,24);2-6,10H,7-9H2,1H3,(H,23,24);3-7,9-10H,8H2,1-2H3,(H,22,23);2-6,8H,7H2,1H3,(H,20,21). The predicted molar refractivity (Wildman–Crippen MR) is 543 cm³/mol. The van der Waals surface area contributed by atoms with Crippen molar-refractivity contribution in [3.05, 3.63) is 411 Å². The smallest absolute Gasteiger partial charge is 0.354 e. The van der Waals surface area contributed by atoms with Crippen LogP contribution in [0.4, 0.5) is 0 Å². The van der Waals surface area contributed by atoms with E-state index < -0.39 is 35.8 Å². The van der Waals surface area contributed by atoms with Crippen LogP contribution in [0.25, 0.3) is 66.4 Å². The molecule has 41 heteroatoms. The number of aromatic carboxylic acids is 6. The highest BCUT2D eigenvalue weighted by Crippen LogP contribution is 2.49. The van der Waals surface area contributed by atoms with Gasteiger partial charge >= 0.3 is 35.8 Å². The monoisotopic (exact) mass is 2080 g/mol.